The number of nitrogens with one attached hydrogen (secondary N) is 1. The molecule has 0 amide bonds. The average molecular weight is 389 g/mol. The third kappa shape index (κ3) is 4.46. The fourth-order valence-electron chi connectivity index (χ4n) is 2.99. The Labute approximate surface area is 166 Å². The van der Waals surface area contributed by atoms with Crippen molar-refractivity contribution in [2.45, 2.75) is 26.2 Å². The van der Waals surface area contributed by atoms with Gasteiger partial charge in [-0.05, 0) is 47.5 Å². The van der Waals surface area contributed by atoms with Crippen molar-refractivity contribution in [3.05, 3.63) is 53.2 Å². The molecule has 1 aliphatic heterocycles. The zero-order valence-corrected chi connectivity index (χ0v) is 17.1. The van der Waals surface area contributed by atoms with Crippen LogP contribution in [0.15, 0.2) is 42.6 Å². The van der Waals surface area contributed by atoms with E-state index in [4.69, 9.17) is 23.8 Å². The van der Waals surface area contributed by atoms with Crippen LogP contribution in [0.1, 0.15) is 26.3 Å². The lowest BCUT2D eigenvalue weighted by Gasteiger charge is -2.37. The highest BCUT2D eigenvalue weighted by Gasteiger charge is 2.21. The molecule has 0 spiro atoms. The van der Waals surface area contributed by atoms with Crippen molar-refractivity contribution in [3.63, 3.8) is 0 Å². The Balaban J connectivity index is 1.56. The minimum absolute atomic E-state index is 0.155. The maximum absolute atomic E-state index is 6.25. The van der Waals surface area contributed by atoms with E-state index in [9.17, 15) is 0 Å². The molecule has 0 radical (unpaired) electrons. The zero-order valence-electron chi connectivity index (χ0n) is 15.5. The quantitative estimate of drug-likeness (QED) is 0.762. The molecule has 1 aliphatic rings. The third-order valence-electron chi connectivity index (χ3n) is 4.61. The number of benzene rings is 1. The highest BCUT2D eigenvalue weighted by molar-refractivity contribution is 7.80. The number of aromatic nitrogens is 1. The summed E-state index contributed by atoms with van der Waals surface area (Å²) < 4.78 is 0. The molecule has 0 saturated carbocycles. The Morgan fingerprint density at radius 2 is 1.73 bits per heavy atom. The topological polar surface area (TPSA) is 31.4 Å². The number of nitrogens with zero attached hydrogens (tertiary/aromatic N) is 3. The van der Waals surface area contributed by atoms with Crippen molar-refractivity contribution in [2.24, 2.45) is 0 Å². The van der Waals surface area contributed by atoms with Crippen molar-refractivity contribution in [3.8, 4) is 0 Å². The van der Waals surface area contributed by atoms with Crippen molar-refractivity contribution in [2.75, 3.05) is 36.4 Å². The van der Waals surface area contributed by atoms with Gasteiger partial charge in [-0.15, -0.1) is 0 Å². The van der Waals surface area contributed by atoms with Crippen LogP contribution in [0.25, 0.3) is 0 Å². The maximum Gasteiger partial charge on any atom is 0.173 e. The summed E-state index contributed by atoms with van der Waals surface area (Å²) in [5.41, 5.74) is 2.50. The average Bonchev–Trinajstić information content (AvgIpc) is 2.62. The summed E-state index contributed by atoms with van der Waals surface area (Å²) in [4.78, 5) is 8.80. The summed E-state index contributed by atoms with van der Waals surface area (Å²) in [5.74, 6) is 0.852. The van der Waals surface area contributed by atoms with E-state index in [1.807, 2.05) is 12.1 Å². The minimum atomic E-state index is 0.155. The molecule has 138 valence electrons. The number of halogens is 1. The van der Waals surface area contributed by atoms with Gasteiger partial charge in [0.25, 0.3) is 0 Å². The van der Waals surface area contributed by atoms with Gasteiger partial charge in [-0.3, -0.25) is 0 Å². The molecule has 2 heterocycles. The van der Waals surface area contributed by atoms with E-state index in [0.29, 0.717) is 5.02 Å². The number of thiocarbonyl (C=S) groups is 1. The minimum Gasteiger partial charge on any atom is -0.352 e. The molecule has 0 unspecified atom stereocenters. The van der Waals surface area contributed by atoms with E-state index < -0.39 is 0 Å². The summed E-state index contributed by atoms with van der Waals surface area (Å²) >= 11 is 11.9. The summed E-state index contributed by atoms with van der Waals surface area (Å²) in [6, 6.07) is 12.2. The van der Waals surface area contributed by atoms with Gasteiger partial charge < -0.3 is 15.1 Å². The zero-order chi connectivity index (χ0) is 18.7. The first-order valence-corrected chi connectivity index (χ1v) is 9.65. The Bertz CT molecular complexity index is 762. The Morgan fingerprint density at radius 1 is 1.08 bits per heavy atom. The fourth-order valence-corrected chi connectivity index (χ4v) is 3.53. The van der Waals surface area contributed by atoms with Gasteiger partial charge in [-0.25, -0.2) is 4.98 Å². The van der Waals surface area contributed by atoms with Gasteiger partial charge in [-0.1, -0.05) is 44.5 Å². The molecule has 1 saturated heterocycles. The van der Waals surface area contributed by atoms with E-state index >= 15 is 0 Å². The van der Waals surface area contributed by atoms with Crippen molar-refractivity contribution < 1.29 is 0 Å². The van der Waals surface area contributed by atoms with Crippen LogP contribution in [0, 0.1) is 0 Å². The summed E-state index contributed by atoms with van der Waals surface area (Å²) in [7, 11) is 0. The molecule has 1 N–H and O–H groups in total. The van der Waals surface area contributed by atoms with Crippen molar-refractivity contribution in [1.29, 1.82) is 0 Å². The largest absolute Gasteiger partial charge is 0.352 e. The lowest BCUT2D eigenvalue weighted by molar-refractivity contribution is 0.389. The maximum atomic E-state index is 6.25. The van der Waals surface area contributed by atoms with E-state index in [2.05, 4.69) is 65.1 Å². The van der Waals surface area contributed by atoms with Gasteiger partial charge in [0.2, 0.25) is 0 Å². The standard InChI is InChI=1S/C20H25ClN4S/c1-20(2,3)15-6-8-16(9-7-15)23-19(26)25-13-11-24(12-14-25)18-17(21)5-4-10-22-18/h4-10H,11-14H2,1-3H3,(H,23,26). The van der Waals surface area contributed by atoms with Crippen LogP contribution < -0.4 is 10.2 Å². The van der Waals surface area contributed by atoms with Gasteiger partial charge in [0.05, 0.1) is 5.02 Å². The van der Waals surface area contributed by atoms with Crippen LogP contribution in [-0.2, 0) is 5.41 Å². The monoisotopic (exact) mass is 388 g/mol. The molecule has 2 aromatic rings. The molecule has 1 fully saturated rings. The lowest BCUT2D eigenvalue weighted by atomic mass is 9.87. The number of piperazine rings is 1. The van der Waals surface area contributed by atoms with Crippen LogP contribution in [0.2, 0.25) is 5.02 Å². The molecule has 0 aliphatic carbocycles. The van der Waals surface area contributed by atoms with Crippen LogP contribution in [0.3, 0.4) is 0 Å². The number of pyridine rings is 1. The van der Waals surface area contributed by atoms with Crippen LogP contribution in [-0.4, -0.2) is 41.2 Å². The normalized spacial score (nSPS) is 15.1. The number of hydrogen-bond acceptors (Lipinski definition) is 3. The van der Waals surface area contributed by atoms with E-state index in [0.717, 1.165) is 42.8 Å². The van der Waals surface area contributed by atoms with Crippen molar-refractivity contribution in [1.82, 2.24) is 9.88 Å². The number of hydrogen-bond donors (Lipinski definition) is 1. The third-order valence-corrected chi connectivity index (χ3v) is 5.26. The Hall–Kier alpha value is -1.85. The first-order valence-electron chi connectivity index (χ1n) is 8.86. The van der Waals surface area contributed by atoms with Gasteiger partial charge in [0, 0.05) is 38.1 Å². The summed E-state index contributed by atoms with van der Waals surface area (Å²) in [6.07, 6.45) is 1.78. The van der Waals surface area contributed by atoms with Gasteiger partial charge in [-0.2, -0.15) is 0 Å². The predicted molar refractivity (Wildman–Crippen MR) is 114 cm³/mol. The number of rotatable bonds is 2. The second kappa shape index (κ2) is 7.80. The molecule has 0 atom stereocenters. The summed E-state index contributed by atoms with van der Waals surface area (Å²) in [6.45, 7) is 10.0. The predicted octanol–water partition coefficient (Wildman–Crippen LogP) is 4.55. The van der Waals surface area contributed by atoms with Crippen LogP contribution >= 0.6 is 23.8 Å². The molecule has 0 bridgehead atoms. The molecule has 6 heteroatoms. The van der Waals surface area contributed by atoms with E-state index in [-0.39, 0.29) is 5.41 Å². The molecule has 1 aromatic heterocycles. The van der Waals surface area contributed by atoms with Gasteiger partial charge in [0.15, 0.2) is 5.11 Å². The fraction of sp³-hybridized carbons (Fsp3) is 0.400. The smallest absolute Gasteiger partial charge is 0.173 e. The molecular formula is C20H25ClN4S. The van der Waals surface area contributed by atoms with Gasteiger partial charge >= 0.3 is 0 Å². The highest BCUT2D eigenvalue weighted by Crippen LogP contribution is 2.25. The molecule has 4 nitrogen and oxygen atoms in total. The van der Waals surface area contributed by atoms with Crippen molar-refractivity contribution >= 4 is 40.4 Å². The molecule has 1 aromatic carbocycles. The Kier molecular flexibility index (Phi) is 5.68. The first-order chi connectivity index (χ1) is 12.3. The SMILES string of the molecule is CC(C)(C)c1ccc(NC(=S)N2CCN(c3ncccc3Cl)CC2)cc1. The summed E-state index contributed by atoms with van der Waals surface area (Å²) in [5, 5.41) is 4.81. The van der Waals surface area contributed by atoms with E-state index in [1.54, 1.807) is 6.20 Å². The second-order valence-corrected chi connectivity index (χ2v) is 8.33. The first kappa shape index (κ1) is 18.9. The van der Waals surface area contributed by atoms with Crippen LogP contribution in [0.4, 0.5) is 11.5 Å². The molecular weight excluding hydrogens is 364 g/mol. The second-order valence-electron chi connectivity index (χ2n) is 7.54. The van der Waals surface area contributed by atoms with Gasteiger partial charge in [0.1, 0.15) is 5.82 Å². The Morgan fingerprint density at radius 3 is 2.31 bits per heavy atom. The molecule has 26 heavy (non-hydrogen) atoms. The van der Waals surface area contributed by atoms with Crippen LogP contribution in [0.5, 0.6) is 0 Å². The lowest BCUT2D eigenvalue weighted by Crippen LogP contribution is -2.50. The van der Waals surface area contributed by atoms with E-state index in [1.165, 1.54) is 5.56 Å². The molecule has 3 rings (SSSR count). The number of anilines is 2. The highest BCUT2D eigenvalue weighted by atomic mass is 35.5.